The van der Waals surface area contributed by atoms with E-state index in [2.05, 4.69) is 0 Å². The van der Waals surface area contributed by atoms with Gasteiger partial charge >= 0.3 is 0 Å². The third-order valence-electron chi connectivity index (χ3n) is 0.548. The summed E-state index contributed by atoms with van der Waals surface area (Å²) in [5, 5.41) is 9.88. The summed E-state index contributed by atoms with van der Waals surface area (Å²) < 4.78 is -0.139. The first-order valence-corrected chi connectivity index (χ1v) is 1.97. The fourth-order valence-electron chi connectivity index (χ4n) is 0. The van der Waals surface area contributed by atoms with Gasteiger partial charge in [0.25, 0.3) is 6.09 Å². The number of hydrogen-bond acceptors (Lipinski definition) is 2. The minimum atomic E-state index is -1.07. The Kier molecular flexibility index (Phi) is 1.38. The molecule has 0 aliphatic rings. The molecule has 0 bridgehead atoms. The highest BCUT2D eigenvalue weighted by Gasteiger charge is 2.06. The quantitative estimate of drug-likeness (QED) is 0.370. The smallest absolute Gasteiger partial charge is 0.256 e. The van der Waals surface area contributed by atoms with E-state index in [0.29, 0.717) is 0 Å². The summed E-state index contributed by atoms with van der Waals surface area (Å²) in [6.07, 6.45) is -1.07. The standard InChI is InChI=1S/C4H9NO2/c1-5(2,3)4(6)7/h1-3H3. The maximum atomic E-state index is 9.88. The highest BCUT2D eigenvalue weighted by atomic mass is 16.4. The molecule has 0 saturated heterocycles. The van der Waals surface area contributed by atoms with Gasteiger partial charge in [-0.15, -0.1) is 0 Å². The van der Waals surface area contributed by atoms with E-state index in [4.69, 9.17) is 0 Å². The first-order valence-electron chi connectivity index (χ1n) is 1.97. The van der Waals surface area contributed by atoms with Gasteiger partial charge in [0.15, 0.2) is 0 Å². The molecule has 3 heteroatoms. The van der Waals surface area contributed by atoms with E-state index in [1.54, 1.807) is 0 Å². The van der Waals surface area contributed by atoms with Gasteiger partial charge in [-0.05, 0) is 0 Å². The molecule has 7 heavy (non-hydrogen) atoms. The second kappa shape index (κ2) is 1.50. The molecule has 0 radical (unpaired) electrons. The molecule has 0 fully saturated rings. The molecule has 0 heterocycles. The van der Waals surface area contributed by atoms with Crippen LogP contribution in [0.5, 0.6) is 0 Å². The van der Waals surface area contributed by atoms with Gasteiger partial charge in [-0.25, -0.2) is 0 Å². The highest BCUT2D eigenvalue weighted by Crippen LogP contribution is 1.84. The molecule has 0 saturated carbocycles. The second-order valence-corrected chi connectivity index (χ2v) is 2.28. The zero-order valence-corrected chi connectivity index (χ0v) is 4.76. The Labute approximate surface area is 42.8 Å². The molecule has 0 rings (SSSR count). The average Bonchev–Trinajstić information content (AvgIpc) is 1.31. The van der Waals surface area contributed by atoms with Crippen LogP contribution in [0.25, 0.3) is 0 Å². The van der Waals surface area contributed by atoms with E-state index in [-0.39, 0.29) is 4.48 Å². The van der Waals surface area contributed by atoms with Crippen LogP contribution in [0.4, 0.5) is 4.79 Å². The third-order valence-corrected chi connectivity index (χ3v) is 0.548. The lowest BCUT2D eigenvalue weighted by molar-refractivity contribution is -0.818. The van der Waals surface area contributed by atoms with Crippen molar-refractivity contribution in [3.63, 3.8) is 0 Å². The van der Waals surface area contributed by atoms with E-state index < -0.39 is 6.09 Å². The van der Waals surface area contributed by atoms with Crippen LogP contribution in [-0.4, -0.2) is 31.7 Å². The molecule has 0 spiro atoms. The van der Waals surface area contributed by atoms with Crippen LogP contribution in [0.1, 0.15) is 0 Å². The summed E-state index contributed by atoms with van der Waals surface area (Å²) in [5.41, 5.74) is 0. The van der Waals surface area contributed by atoms with Crippen molar-refractivity contribution < 1.29 is 14.4 Å². The van der Waals surface area contributed by atoms with Gasteiger partial charge < -0.3 is 9.90 Å². The normalized spacial score (nSPS) is 11.3. The summed E-state index contributed by atoms with van der Waals surface area (Å²) in [6.45, 7) is 0. The molecule has 0 aromatic rings. The van der Waals surface area contributed by atoms with Crippen LogP contribution >= 0.6 is 0 Å². The summed E-state index contributed by atoms with van der Waals surface area (Å²) >= 11 is 0. The Hall–Kier alpha value is -0.570. The summed E-state index contributed by atoms with van der Waals surface area (Å²) in [5.74, 6) is 0. The van der Waals surface area contributed by atoms with Gasteiger partial charge in [0, 0.05) is 0 Å². The lowest BCUT2D eigenvalue weighted by atomic mass is 10.7. The summed E-state index contributed by atoms with van der Waals surface area (Å²) in [7, 11) is 4.61. The number of amides is 1. The second-order valence-electron chi connectivity index (χ2n) is 2.28. The fraction of sp³-hybridized carbons (Fsp3) is 0.750. The number of carbonyl (C=O) groups excluding carboxylic acids is 1. The Balaban J connectivity index is 3.79. The van der Waals surface area contributed by atoms with E-state index in [1.807, 2.05) is 0 Å². The number of hydrogen-bond donors (Lipinski definition) is 0. The first kappa shape index (κ1) is 6.43. The molecule has 3 nitrogen and oxygen atoms in total. The van der Waals surface area contributed by atoms with Gasteiger partial charge in [0.05, 0.1) is 21.1 Å². The molecule has 0 N–H and O–H groups in total. The zero-order valence-electron chi connectivity index (χ0n) is 4.76. The van der Waals surface area contributed by atoms with E-state index in [0.717, 1.165) is 0 Å². The van der Waals surface area contributed by atoms with Crippen LogP contribution in [0.15, 0.2) is 0 Å². The minimum Gasteiger partial charge on any atom is -0.498 e. The number of rotatable bonds is 0. The first-order chi connectivity index (χ1) is 2.94. The lowest BCUT2D eigenvalue weighted by Gasteiger charge is -2.22. The van der Waals surface area contributed by atoms with Crippen LogP contribution in [0.2, 0.25) is 0 Å². The molecule has 42 valence electrons. The zero-order chi connectivity index (χ0) is 6.08. The van der Waals surface area contributed by atoms with Crippen molar-refractivity contribution in [3.8, 4) is 0 Å². The van der Waals surface area contributed by atoms with Crippen LogP contribution in [0.3, 0.4) is 0 Å². The van der Waals surface area contributed by atoms with Crippen molar-refractivity contribution in [1.82, 2.24) is 0 Å². The van der Waals surface area contributed by atoms with E-state index in [9.17, 15) is 9.90 Å². The molecular weight excluding hydrogens is 94.0 g/mol. The highest BCUT2D eigenvalue weighted by molar-refractivity contribution is 5.53. The molecule has 0 aliphatic heterocycles. The van der Waals surface area contributed by atoms with E-state index in [1.165, 1.54) is 21.1 Å². The minimum absolute atomic E-state index is 0.139. The van der Waals surface area contributed by atoms with Crippen molar-refractivity contribution in [2.75, 3.05) is 21.1 Å². The molecular formula is C4H9NO2. The van der Waals surface area contributed by atoms with Crippen molar-refractivity contribution in [2.45, 2.75) is 0 Å². The Morgan fingerprint density at radius 3 is 1.57 bits per heavy atom. The van der Waals surface area contributed by atoms with Crippen molar-refractivity contribution in [1.29, 1.82) is 0 Å². The monoisotopic (exact) mass is 103 g/mol. The number of quaternary nitrogens is 1. The van der Waals surface area contributed by atoms with Crippen molar-refractivity contribution >= 4 is 6.09 Å². The SMILES string of the molecule is C[N+](C)(C)C(=O)[O-]. The van der Waals surface area contributed by atoms with E-state index >= 15 is 0 Å². The van der Waals surface area contributed by atoms with Crippen molar-refractivity contribution in [2.24, 2.45) is 0 Å². The van der Waals surface area contributed by atoms with Crippen LogP contribution in [0, 0.1) is 0 Å². The predicted molar refractivity (Wildman–Crippen MR) is 23.4 cm³/mol. The van der Waals surface area contributed by atoms with Gasteiger partial charge in [0.1, 0.15) is 0 Å². The number of carbonyl (C=O) groups is 1. The largest absolute Gasteiger partial charge is 0.498 e. The van der Waals surface area contributed by atoms with Gasteiger partial charge in [-0.2, -0.15) is 0 Å². The van der Waals surface area contributed by atoms with Gasteiger partial charge in [-0.1, -0.05) is 0 Å². The number of carboxylic acid groups (broad SMARTS) is 1. The van der Waals surface area contributed by atoms with Crippen LogP contribution < -0.4 is 5.11 Å². The molecule has 0 aromatic carbocycles. The molecule has 0 aromatic heterocycles. The summed E-state index contributed by atoms with van der Waals surface area (Å²) in [4.78, 5) is 9.88. The summed E-state index contributed by atoms with van der Waals surface area (Å²) in [6, 6.07) is 0. The average molecular weight is 103 g/mol. The maximum Gasteiger partial charge on any atom is 0.256 e. The molecule has 1 amide bonds. The third kappa shape index (κ3) is 2.17. The maximum absolute atomic E-state index is 9.88. The van der Waals surface area contributed by atoms with Crippen LogP contribution in [-0.2, 0) is 0 Å². The van der Waals surface area contributed by atoms with Gasteiger partial charge in [-0.3, -0.25) is 4.48 Å². The van der Waals surface area contributed by atoms with Gasteiger partial charge in [0.2, 0.25) is 0 Å². The fourth-order valence-corrected chi connectivity index (χ4v) is 0. The Morgan fingerprint density at radius 2 is 1.57 bits per heavy atom. The number of nitrogens with zero attached hydrogens (tertiary/aromatic N) is 1. The molecule has 0 aliphatic carbocycles. The Bertz CT molecular complexity index is 82.2. The Morgan fingerprint density at radius 1 is 1.43 bits per heavy atom. The lowest BCUT2D eigenvalue weighted by Crippen LogP contribution is -2.49. The molecule has 0 unspecified atom stereocenters. The topological polar surface area (TPSA) is 40.1 Å². The molecule has 0 atom stereocenters. The van der Waals surface area contributed by atoms with Crippen molar-refractivity contribution in [3.05, 3.63) is 0 Å². The predicted octanol–water partition coefficient (Wildman–Crippen LogP) is -0.964.